The van der Waals surface area contributed by atoms with Gasteiger partial charge >= 0.3 is 0 Å². The van der Waals surface area contributed by atoms with Gasteiger partial charge in [0.25, 0.3) is 0 Å². The van der Waals surface area contributed by atoms with Crippen LogP contribution in [0.1, 0.15) is 56.6 Å². The summed E-state index contributed by atoms with van der Waals surface area (Å²) >= 11 is 0. The molecule has 4 heteroatoms. The number of hydrogen-bond donors (Lipinski definition) is 1. The number of hydrogen-bond acceptors (Lipinski definition) is 3. The molecule has 1 aliphatic rings. The van der Waals surface area contributed by atoms with E-state index in [9.17, 15) is 5.11 Å². The van der Waals surface area contributed by atoms with Gasteiger partial charge in [-0.25, -0.2) is 0 Å². The van der Waals surface area contributed by atoms with Gasteiger partial charge in [-0.2, -0.15) is 0 Å². The molecule has 160 valence electrons. The maximum Gasteiger partial charge on any atom is 0.118 e. The molecule has 0 radical (unpaired) electrons. The van der Waals surface area contributed by atoms with E-state index < -0.39 is 5.60 Å². The van der Waals surface area contributed by atoms with Gasteiger partial charge in [-0.05, 0) is 68.0 Å². The maximum absolute atomic E-state index is 12.2. The van der Waals surface area contributed by atoms with Crippen molar-refractivity contribution in [1.29, 1.82) is 0 Å². The molecule has 1 saturated heterocycles. The topological polar surface area (TPSA) is 32.7 Å². The largest absolute Gasteiger partial charge is 0.497 e. The summed E-state index contributed by atoms with van der Waals surface area (Å²) in [4.78, 5) is 2.52. The molecule has 0 spiro atoms. The van der Waals surface area contributed by atoms with Crippen molar-refractivity contribution in [2.75, 3.05) is 26.7 Å². The molecule has 29 heavy (non-hydrogen) atoms. The van der Waals surface area contributed by atoms with Crippen LogP contribution in [0.2, 0.25) is 0 Å². The molecule has 1 aliphatic heterocycles. The lowest BCUT2D eigenvalue weighted by atomic mass is 9.73. The van der Waals surface area contributed by atoms with Gasteiger partial charge in [-0.3, -0.25) is 0 Å². The van der Waals surface area contributed by atoms with Crippen LogP contribution >= 0.6 is 12.4 Å². The molecule has 3 nitrogen and oxygen atoms in total. The molecule has 1 heterocycles. The number of nitrogens with zero attached hydrogens (tertiary/aromatic N) is 1. The SMILES string of the molecule is COc1ccc(C(O)(CCC(C)C)C(CN2CCCC2)c2ccccc2)cc1.Cl. The fraction of sp³-hybridized carbons (Fsp3) is 0.520. The van der Waals surface area contributed by atoms with Crippen LogP contribution in [0.4, 0.5) is 0 Å². The van der Waals surface area contributed by atoms with Crippen LogP contribution in [0.25, 0.3) is 0 Å². The normalized spacial score (nSPS) is 17.6. The van der Waals surface area contributed by atoms with Gasteiger partial charge in [-0.1, -0.05) is 56.3 Å². The molecule has 3 rings (SSSR count). The van der Waals surface area contributed by atoms with Crippen LogP contribution < -0.4 is 4.74 Å². The second-order valence-electron chi connectivity index (χ2n) is 8.56. The molecule has 1 N–H and O–H groups in total. The Hall–Kier alpha value is -1.55. The number of benzene rings is 2. The van der Waals surface area contributed by atoms with E-state index in [4.69, 9.17) is 4.74 Å². The third kappa shape index (κ3) is 5.97. The van der Waals surface area contributed by atoms with Crippen LogP contribution in [0, 0.1) is 5.92 Å². The van der Waals surface area contributed by atoms with E-state index in [-0.39, 0.29) is 18.3 Å². The smallest absolute Gasteiger partial charge is 0.118 e. The molecule has 2 aromatic rings. The molecule has 0 aliphatic carbocycles. The average Bonchev–Trinajstić information content (AvgIpc) is 3.24. The van der Waals surface area contributed by atoms with Crippen LogP contribution in [-0.2, 0) is 5.60 Å². The minimum absolute atomic E-state index is 0. The van der Waals surface area contributed by atoms with Gasteiger partial charge in [0.15, 0.2) is 0 Å². The minimum atomic E-state index is -0.902. The number of ether oxygens (including phenoxy) is 1. The van der Waals surface area contributed by atoms with E-state index in [2.05, 4.69) is 49.1 Å². The third-order valence-corrected chi connectivity index (χ3v) is 6.11. The Kier molecular flexibility index (Phi) is 9.01. The molecule has 2 aromatic carbocycles. The molecule has 0 saturated carbocycles. The first kappa shape index (κ1) is 23.7. The quantitative estimate of drug-likeness (QED) is 0.574. The Morgan fingerprint density at radius 2 is 1.62 bits per heavy atom. The lowest BCUT2D eigenvalue weighted by molar-refractivity contribution is -0.0154. The van der Waals surface area contributed by atoms with Crippen molar-refractivity contribution >= 4 is 12.4 Å². The third-order valence-electron chi connectivity index (χ3n) is 6.11. The highest BCUT2D eigenvalue weighted by Crippen LogP contribution is 2.42. The van der Waals surface area contributed by atoms with E-state index in [0.717, 1.165) is 43.8 Å². The predicted molar refractivity (Wildman–Crippen MR) is 123 cm³/mol. The Bertz CT molecular complexity index is 713. The standard InChI is InChI=1S/C25H35NO2.ClH/c1-20(2)15-16-25(27,22-11-13-23(28-3)14-12-22)24(19-26-17-7-8-18-26)21-9-5-4-6-10-21;/h4-6,9-14,20,24,27H,7-8,15-19H2,1-3H3;1H. The molecule has 2 atom stereocenters. The summed E-state index contributed by atoms with van der Waals surface area (Å²) in [5, 5.41) is 12.2. The summed E-state index contributed by atoms with van der Waals surface area (Å²) in [6.07, 6.45) is 4.26. The molecule has 0 amide bonds. The van der Waals surface area contributed by atoms with Gasteiger partial charge in [0, 0.05) is 12.5 Å². The summed E-state index contributed by atoms with van der Waals surface area (Å²) in [5.41, 5.74) is 1.30. The highest BCUT2D eigenvalue weighted by molar-refractivity contribution is 5.85. The summed E-state index contributed by atoms with van der Waals surface area (Å²) in [7, 11) is 1.68. The van der Waals surface area contributed by atoms with Crippen LogP contribution in [0.3, 0.4) is 0 Å². The van der Waals surface area contributed by atoms with E-state index in [0.29, 0.717) is 5.92 Å². The van der Waals surface area contributed by atoms with Gasteiger partial charge in [0.05, 0.1) is 12.7 Å². The molecule has 0 bridgehead atoms. The number of methoxy groups -OCH3 is 1. The Balaban J connectivity index is 0.00000300. The number of rotatable bonds is 9. The fourth-order valence-electron chi connectivity index (χ4n) is 4.35. The molecule has 0 aromatic heterocycles. The molecular weight excluding hydrogens is 382 g/mol. The van der Waals surface area contributed by atoms with E-state index >= 15 is 0 Å². The van der Waals surface area contributed by atoms with Crippen LogP contribution in [-0.4, -0.2) is 36.8 Å². The lowest BCUT2D eigenvalue weighted by Crippen LogP contribution is -2.40. The van der Waals surface area contributed by atoms with E-state index in [1.54, 1.807) is 7.11 Å². The summed E-state index contributed by atoms with van der Waals surface area (Å²) in [6, 6.07) is 18.6. The summed E-state index contributed by atoms with van der Waals surface area (Å²) in [6.45, 7) is 7.61. The summed E-state index contributed by atoms with van der Waals surface area (Å²) in [5.74, 6) is 1.41. The van der Waals surface area contributed by atoms with Crippen molar-refractivity contribution in [1.82, 2.24) is 4.90 Å². The highest BCUT2D eigenvalue weighted by Gasteiger charge is 2.40. The number of likely N-dealkylation sites (tertiary alicyclic amines) is 1. The van der Waals surface area contributed by atoms with Crippen molar-refractivity contribution in [3.05, 3.63) is 65.7 Å². The first-order valence-corrected chi connectivity index (χ1v) is 10.7. The zero-order chi connectivity index (χ0) is 20.0. The van der Waals surface area contributed by atoms with Gasteiger partial charge in [0.1, 0.15) is 5.75 Å². The summed E-state index contributed by atoms with van der Waals surface area (Å²) < 4.78 is 5.34. The second kappa shape index (κ2) is 11.0. The van der Waals surface area contributed by atoms with Gasteiger partial charge in [0.2, 0.25) is 0 Å². The van der Waals surface area contributed by atoms with E-state index in [1.807, 2.05) is 24.3 Å². The van der Waals surface area contributed by atoms with Gasteiger partial charge < -0.3 is 14.7 Å². The number of halogens is 1. The lowest BCUT2D eigenvalue weighted by Gasteiger charge is -2.40. The fourth-order valence-corrected chi connectivity index (χ4v) is 4.35. The monoisotopic (exact) mass is 417 g/mol. The van der Waals surface area contributed by atoms with Crippen molar-refractivity contribution in [3.63, 3.8) is 0 Å². The van der Waals surface area contributed by atoms with Crippen molar-refractivity contribution in [2.24, 2.45) is 5.92 Å². The first-order chi connectivity index (χ1) is 13.5. The van der Waals surface area contributed by atoms with Crippen molar-refractivity contribution in [3.8, 4) is 5.75 Å². The van der Waals surface area contributed by atoms with Crippen LogP contribution in [0.15, 0.2) is 54.6 Å². The van der Waals surface area contributed by atoms with Crippen LogP contribution in [0.5, 0.6) is 5.75 Å². The Morgan fingerprint density at radius 1 is 1.00 bits per heavy atom. The predicted octanol–water partition coefficient (Wildman–Crippen LogP) is 5.62. The Morgan fingerprint density at radius 3 is 2.17 bits per heavy atom. The second-order valence-corrected chi connectivity index (χ2v) is 8.56. The maximum atomic E-state index is 12.2. The number of aliphatic hydroxyl groups is 1. The average molecular weight is 418 g/mol. The van der Waals surface area contributed by atoms with Crippen molar-refractivity contribution in [2.45, 2.75) is 51.0 Å². The van der Waals surface area contributed by atoms with Gasteiger partial charge in [-0.15, -0.1) is 12.4 Å². The molecular formula is C25H36ClNO2. The minimum Gasteiger partial charge on any atom is -0.497 e. The zero-order valence-electron chi connectivity index (χ0n) is 18.0. The van der Waals surface area contributed by atoms with Crippen molar-refractivity contribution < 1.29 is 9.84 Å². The zero-order valence-corrected chi connectivity index (χ0v) is 18.8. The van der Waals surface area contributed by atoms with E-state index in [1.165, 1.54) is 18.4 Å². The molecule has 1 fully saturated rings. The first-order valence-electron chi connectivity index (χ1n) is 10.7. The highest BCUT2D eigenvalue weighted by atomic mass is 35.5. The Labute approximate surface area is 182 Å². The molecule has 2 unspecified atom stereocenters.